The van der Waals surface area contributed by atoms with Crippen molar-refractivity contribution < 1.29 is 0 Å². The molecule has 0 aliphatic heterocycles. The molecule has 2 aromatic rings. The summed E-state index contributed by atoms with van der Waals surface area (Å²) in [5, 5.41) is 2.62. The highest BCUT2D eigenvalue weighted by atomic mass is 14.6. The maximum Gasteiger partial charge on any atom is 0.00461 e. The van der Waals surface area contributed by atoms with Crippen LogP contribution in [-0.4, -0.2) is 13.1 Å². The first-order chi connectivity index (χ1) is 6.88. The van der Waals surface area contributed by atoms with Gasteiger partial charge < -0.3 is 11.5 Å². The highest BCUT2D eigenvalue weighted by Gasteiger charge is 1.85. The molecule has 0 fully saturated rings. The second kappa shape index (κ2) is 6.13. The molecule has 4 N–H and O–H groups in total. The molecular weight excluding hydrogens is 172 g/mol. The van der Waals surface area contributed by atoms with Crippen LogP contribution in [0.5, 0.6) is 0 Å². The molecule has 0 unspecified atom stereocenters. The summed E-state index contributed by atoms with van der Waals surface area (Å²) in [6, 6.07) is 16.7. The minimum absolute atomic E-state index is 0.597. The van der Waals surface area contributed by atoms with Gasteiger partial charge >= 0.3 is 0 Å². The van der Waals surface area contributed by atoms with Gasteiger partial charge in [-0.15, -0.1) is 0 Å². The van der Waals surface area contributed by atoms with E-state index in [1.807, 2.05) is 0 Å². The van der Waals surface area contributed by atoms with Crippen molar-refractivity contribution in [1.29, 1.82) is 0 Å². The van der Waals surface area contributed by atoms with Crippen molar-refractivity contribution in [2.45, 2.75) is 0 Å². The molecule has 0 atom stereocenters. The molecule has 0 amide bonds. The molecule has 2 heteroatoms. The van der Waals surface area contributed by atoms with Gasteiger partial charge in [0.2, 0.25) is 0 Å². The van der Waals surface area contributed by atoms with E-state index in [1.54, 1.807) is 0 Å². The van der Waals surface area contributed by atoms with E-state index in [9.17, 15) is 0 Å². The van der Waals surface area contributed by atoms with Crippen LogP contribution in [0.25, 0.3) is 10.8 Å². The van der Waals surface area contributed by atoms with Gasteiger partial charge in [0.05, 0.1) is 0 Å². The third kappa shape index (κ3) is 3.17. The Morgan fingerprint density at radius 2 is 0.929 bits per heavy atom. The Balaban J connectivity index is 0.000000213. The SMILES string of the molecule is NCCN.c1ccc2ccccc2c1. The minimum Gasteiger partial charge on any atom is -0.329 e. The summed E-state index contributed by atoms with van der Waals surface area (Å²) in [7, 11) is 0. The number of nitrogens with two attached hydrogens (primary N) is 2. The summed E-state index contributed by atoms with van der Waals surface area (Å²) in [4.78, 5) is 0. The van der Waals surface area contributed by atoms with Crippen LogP contribution < -0.4 is 11.5 Å². The van der Waals surface area contributed by atoms with E-state index < -0.39 is 0 Å². The molecule has 0 aromatic heterocycles. The van der Waals surface area contributed by atoms with Crippen LogP contribution >= 0.6 is 0 Å². The Morgan fingerprint density at radius 1 is 0.643 bits per heavy atom. The Bertz CT molecular complexity index is 304. The van der Waals surface area contributed by atoms with Crippen LogP contribution in [0, 0.1) is 0 Å². The lowest BCUT2D eigenvalue weighted by Gasteiger charge is -1.92. The second-order valence-electron chi connectivity index (χ2n) is 2.92. The van der Waals surface area contributed by atoms with Crippen LogP contribution in [0.1, 0.15) is 0 Å². The van der Waals surface area contributed by atoms with Gasteiger partial charge in [-0.1, -0.05) is 48.5 Å². The summed E-state index contributed by atoms with van der Waals surface area (Å²) < 4.78 is 0. The van der Waals surface area contributed by atoms with Crippen LogP contribution in [0.2, 0.25) is 0 Å². The first kappa shape index (κ1) is 10.7. The Labute approximate surface area is 84.5 Å². The van der Waals surface area contributed by atoms with E-state index in [4.69, 9.17) is 11.5 Å². The van der Waals surface area contributed by atoms with Gasteiger partial charge in [-0.2, -0.15) is 0 Å². The van der Waals surface area contributed by atoms with Crippen LogP contribution in [0.15, 0.2) is 48.5 Å². The van der Waals surface area contributed by atoms with Crippen LogP contribution in [-0.2, 0) is 0 Å². The molecule has 2 rings (SSSR count). The van der Waals surface area contributed by atoms with E-state index in [0.29, 0.717) is 13.1 Å². The first-order valence-corrected chi connectivity index (χ1v) is 4.72. The fourth-order valence-corrected chi connectivity index (χ4v) is 1.13. The smallest absolute Gasteiger partial charge is 0.00461 e. The van der Waals surface area contributed by atoms with E-state index >= 15 is 0 Å². The maximum atomic E-state index is 4.90. The van der Waals surface area contributed by atoms with Gasteiger partial charge in [0.15, 0.2) is 0 Å². The molecule has 2 aromatic carbocycles. The topological polar surface area (TPSA) is 52.0 Å². The van der Waals surface area contributed by atoms with Crippen molar-refractivity contribution in [3.63, 3.8) is 0 Å². The van der Waals surface area contributed by atoms with E-state index in [0.717, 1.165) is 0 Å². The number of benzene rings is 2. The minimum atomic E-state index is 0.597. The van der Waals surface area contributed by atoms with Crippen molar-refractivity contribution in [2.75, 3.05) is 13.1 Å². The highest BCUT2D eigenvalue weighted by molar-refractivity contribution is 5.81. The Kier molecular flexibility index (Phi) is 4.69. The van der Waals surface area contributed by atoms with Gasteiger partial charge in [-0.05, 0) is 10.8 Å². The molecule has 0 aliphatic carbocycles. The zero-order valence-electron chi connectivity index (χ0n) is 8.19. The van der Waals surface area contributed by atoms with Crippen molar-refractivity contribution in [2.24, 2.45) is 11.5 Å². The lowest BCUT2D eigenvalue weighted by atomic mass is 10.1. The van der Waals surface area contributed by atoms with Crippen molar-refractivity contribution in [3.05, 3.63) is 48.5 Å². The van der Waals surface area contributed by atoms with Crippen molar-refractivity contribution >= 4 is 10.8 Å². The van der Waals surface area contributed by atoms with Crippen LogP contribution in [0.4, 0.5) is 0 Å². The average molecular weight is 188 g/mol. The predicted molar refractivity (Wildman–Crippen MR) is 62.1 cm³/mol. The van der Waals surface area contributed by atoms with E-state index in [1.165, 1.54) is 10.8 Å². The molecule has 2 nitrogen and oxygen atoms in total. The van der Waals surface area contributed by atoms with Gasteiger partial charge in [-0.3, -0.25) is 0 Å². The standard InChI is InChI=1S/C10H8.C2H8N2/c1-2-6-10-8-4-3-7-9(10)5-1;3-1-2-4/h1-8H;1-4H2. The Hall–Kier alpha value is -1.38. The quantitative estimate of drug-likeness (QED) is 0.716. The zero-order chi connectivity index (χ0) is 10.2. The maximum absolute atomic E-state index is 4.90. The monoisotopic (exact) mass is 188 g/mol. The third-order valence-electron chi connectivity index (χ3n) is 1.83. The highest BCUT2D eigenvalue weighted by Crippen LogP contribution is 2.11. The third-order valence-corrected chi connectivity index (χ3v) is 1.83. The molecule has 0 saturated heterocycles. The van der Waals surface area contributed by atoms with Crippen molar-refractivity contribution in [1.82, 2.24) is 0 Å². The van der Waals surface area contributed by atoms with Crippen molar-refractivity contribution in [3.8, 4) is 0 Å². The normalized spacial score (nSPS) is 9.29. The molecule has 0 radical (unpaired) electrons. The summed E-state index contributed by atoms with van der Waals surface area (Å²) in [6.07, 6.45) is 0. The molecule has 74 valence electrons. The Morgan fingerprint density at radius 3 is 1.14 bits per heavy atom. The molecule has 0 aliphatic rings. The number of hydrogen-bond acceptors (Lipinski definition) is 2. The zero-order valence-corrected chi connectivity index (χ0v) is 8.19. The van der Waals surface area contributed by atoms with Gasteiger partial charge in [0, 0.05) is 13.1 Å². The fourth-order valence-electron chi connectivity index (χ4n) is 1.13. The lowest BCUT2D eigenvalue weighted by molar-refractivity contribution is 0.976. The molecule has 0 heterocycles. The van der Waals surface area contributed by atoms with Crippen LogP contribution in [0.3, 0.4) is 0 Å². The predicted octanol–water partition coefficient (Wildman–Crippen LogP) is 1.74. The lowest BCUT2D eigenvalue weighted by Crippen LogP contribution is -2.11. The number of fused-ring (bicyclic) bond motifs is 1. The largest absolute Gasteiger partial charge is 0.329 e. The second-order valence-corrected chi connectivity index (χ2v) is 2.92. The fraction of sp³-hybridized carbons (Fsp3) is 0.167. The number of rotatable bonds is 1. The molecule has 14 heavy (non-hydrogen) atoms. The summed E-state index contributed by atoms with van der Waals surface area (Å²) in [6.45, 7) is 1.19. The average Bonchev–Trinajstić information content (AvgIpc) is 2.30. The molecular formula is C12H16N2. The van der Waals surface area contributed by atoms with Gasteiger partial charge in [-0.25, -0.2) is 0 Å². The summed E-state index contributed by atoms with van der Waals surface area (Å²) in [5.41, 5.74) is 9.81. The van der Waals surface area contributed by atoms with Gasteiger partial charge in [0.25, 0.3) is 0 Å². The van der Waals surface area contributed by atoms with Gasteiger partial charge in [0.1, 0.15) is 0 Å². The van der Waals surface area contributed by atoms with E-state index in [-0.39, 0.29) is 0 Å². The molecule has 0 saturated carbocycles. The number of hydrogen-bond donors (Lipinski definition) is 2. The molecule has 0 bridgehead atoms. The molecule has 0 spiro atoms. The summed E-state index contributed by atoms with van der Waals surface area (Å²) >= 11 is 0. The first-order valence-electron chi connectivity index (χ1n) is 4.72. The summed E-state index contributed by atoms with van der Waals surface area (Å²) in [5.74, 6) is 0. The van der Waals surface area contributed by atoms with E-state index in [2.05, 4.69) is 48.5 Å².